The normalized spacial score (nSPS) is 14.7. The lowest BCUT2D eigenvalue weighted by Crippen LogP contribution is -2.43. The van der Waals surface area contributed by atoms with Gasteiger partial charge < -0.3 is 14.8 Å². The van der Waals surface area contributed by atoms with Crippen molar-refractivity contribution in [3.63, 3.8) is 0 Å². The van der Waals surface area contributed by atoms with Crippen molar-refractivity contribution in [3.8, 4) is 11.5 Å². The maximum Gasteiger partial charge on any atom is 0.262 e. The molecule has 1 aliphatic heterocycles. The van der Waals surface area contributed by atoms with Gasteiger partial charge in [0.2, 0.25) is 0 Å². The minimum atomic E-state index is -0.413. The molecule has 6 heteroatoms. The van der Waals surface area contributed by atoms with Gasteiger partial charge in [0.25, 0.3) is 5.91 Å². The lowest BCUT2D eigenvalue weighted by molar-refractivity contribution is 0.0975. The first-order valence-electron chi connectivity index (χ1n) is 13.1. The number of aryl methyl sites for hydroxylation is 2. The Morgan fingerprint density at radius 3 is 2.41 bits per heavy atom. The molecule has 4 aromatic rings. The van der Waals surface area contributed by atoms with Crippen LogP contribution in [-0.4, -0.2) is 13.0 Å². The summed E-state index contributed by atoms with van der Waals surface area (Å²) in [5, 5.41) is 4.32. The van der Waals surface area contributed by atoms with Gasteiger partial charge in [-0.05, 0) is 85.0 Å². The Morgan fingerprint density at radius 1 is 0.949 bits per heavy atom. The van der Waals surface area contributed by atoms with E-state index in [0.717, 1.165) is 55.7 Å². The van der Waals surface area contributed by atoms with Gasteiger partial charge in [-0.1, -0.05) is 61.3 Å². The first kappa shape index (κ1) is 26.6. The van der Waals surface area contributed by atoms with Gasteiger partial charge in [-0.25, -0.2) is 0 Å². The number of ether oxygens (including phenoxy) is 2. The number of rotatable bonds is 7. The number of nitrogens with one attached hydrogen (secondary N) is 1. The molecule has 0 saturated heterocycles. The molecule has 0 aromatic heterocycles. The molecule has 0 spiro atoms. The average molecular weight is 541 g/mol. The Kier molecular flexibility index (Phi) is 7.53. The molecule has 200 valence electrons. The lowest BCUT2D eigenvalue weighted by Gasteiger charge is -2.38. The lowest BCUT2D eigenvalue weighted by atomic mass is 10.00. The summed E-state index contributed by atoms with van der Waals surface area (Å²) in [6.07, 6.45) is -0.413. The standard InChI is InChI=1S/C33H33ClN2O3/c1-20(2)27-18-28(34)22(4)16-31(27)39-19-24-17-23(12-15-30(24)38-5)32-35-29-9-7-6-8-26(29)33(37)36(32)25-13-10-21(3)11-14-25/h6-18,20,32,35H,19H2,1-5H3/t32-/m0/s1. The van der Waals surface area contributed by atoms with Gasteiger partial charge >= 0.3 is 0 Å². The number of hydrogen-bond acceptors (Lipinski definition) is 4. The third kappa shape index (κ3) is 5.32. The second-order valence-corrected chi connectivity index (χ2v) is 10.7. The number of carbonyl (C=O) groups excluding carboxylic acids is 1. The fourth-order valence-corrected chi connectivity index (χ4v) is 5.11. The molecule has 5 nitrogen and oxygen atoms in total. The molecule has 1 atom stereocenters. The van der Waals surface area contributed by atoms with Crippen LogP contribution in [0, 0.1) is 13.8 Å². The van der Waals surface area contributed by atoms with E-state index in [9.17, 15) is 4.79 Å². The Balaban J connectivity index is 1.53. The number of nitrogens with zero attached hydrogens (tertiary/aromatic N) is 1. The van der Waals surface area contributed by atoms with Crippen molar-refractivity contribution >= 4 is 28.9 Å². The molecule has 0 saturated carbocycles. The first-order chi connectivity index (χ1) is 18.8. The third-order valence-electron chi connectivity index (χ3n) is 7.16. The molecule has 1 aliphatic rings. The minimum Gasteiger partial charge on any atom is -0.496 e. The highest BCUT2D eigenvalue weighted by atomic mass is 35.5. The second-order valence-electron chi connectivity index (χ2n) is 10.3. The molecule has 39 heavy (non-hydrogen) atoms. The third-order valence-corrected chi connectivity index (χ3v) is 7.56. The van der Waals surface area contributed by atoms with Crippen LogP contribution in [-0.2, 0) is 6.61 Å². The highest BCUT2D eigenvalue weighted by Gasteiger charge is 2.34. The molecule has 0 aliphatic carbocycles. The maximum absolute atomic E-state index is 13.8. The van der Waals surface area contributed by atoms with Crippen LogP contribution in [0.3, 0.4) is 0 Å². The van der Waals surface area contributed by atoms with Crippen LogP contribution in [0.4, 0.5) is 11.4 Å². The predicted molar refractivity (Wildman–Crippen MR) is 158 cm³/mol. The fourth-order valence-electron chi connectivity index (χ4n) is 4.94. The van der Waals surface area contributed by atoms with E-state index in [-0.39, 0.29) is 11.8 Å². The van der Waals surface area contributed by atoms with E-state index in [1.165, 1.54) is 0 Å². The number of halogens is 1. The number of anilines is 2. The van der Waals surface area contributed by atoms with Crippen molar-refractivity contribution < 1.29 is 14.3 Å². The Hall–Kier alpha value is -3.96. The molecule has 0 bridgehead atoms. The topological polar surface area (TPSA) is 50.8 Å². The fraction of sp³-hybridized carbons (Fsp3) is 0.242. The van der Waals surface area contributed by atoms with Crippen molar-refractivity contribution in [3.05, 3.63) is 117 Å². The minimum absolute atomic E-state index is 0.0509. The summed E-state index contributed by atoms with van der Waals surface area (Å²) in [5.41, 5.74) is 7.24. The summed E-state index contributed by atoms with van der Waals surface area (Å²) < 4.78 is 12.1. The van der Waals surface area contributed by atoms with Crippen molar-refractivity contribution in [2.45, 2.75) is 46.4 Å². The van der Waals surface area contributed by atoms with Crippen LogP contribution in [0.2, 0.25) is 5.02 Å². The summed E-state index contributed by atoms with van der Waals surface area (Å²) in [5.74, 6) is 1.73. The number of methoxy groups -OCH3 is 1. The largest absolute Gasteiger partial charge is 0.496 e. The summed E-state index contributed by atoms with van der Waals surface area (Å²) in [6.45, 7) is 8.56. The van der Waals surface area contributed by atoms with Crippen LogP contribution in [0.15, 0.2) is 78.9 Å². The summed E-state index contributed by atoms with van der Waals surface area (Å²) in [6, 6.07) is 25.6. The van der Waals surface area contributed by atoms with Gasteiger partial charge in [0, 0.05) is 22.0 Å². The Bertz CT molecular complexity index is 1510. The van der Waals surface area contributed by atoms with E-state index in [4.69, 9.17) is 21.1 Å². The highest BCUT2D eigenvalue weighted by molar-refractivity contribution is 6.31. The van der Waals surface area contributed by atoms with Crippen LogP contribution in [0.1, 0.15) is 64.1 Å². The van der Waals surface area contributed by atoms with Gasteiger partial charge in [0.05, 0.1) is 12.7 Å². The zero-order chi connectivity index (χ0) is 27.7. The molecule has 4 aromatic carbocycles. The number of benzene rings is 4. The van der Waals surface area contributed by atoms with Crippen LogP contribution in [0.25, 0.3) is 0 Å². The number of para-hydroxylation sites is 1. The molecule has 1 N–H and O–H groups in total. The number of amides is 1. The highest BCUT2D eigenvalue weighted by Crippen LogP contribution is 2.38. The first-order valence-corrected chi connectivity index (χ1v) is 13.5. The molecule has 0 unspecified atom stereocenters. The van der Waals surface area contributed by atoms with Crippen LogP contribution in [0.5, 0.6) is 11.5 Å². The summed E-state index contributed by atoms with van der Waals surface area (Å²) in [4.78, 5) is 15.6. The SMILES string of the molecule is COc1ccc([C@H]2Nc3ccccc3C(=O)N2c2ccc(C)cc2)cc1COc1cc(C)c(Cl)cc1C(C)C. The van der Waals surface area contributed by atoms with Gasteiger partial charge in [-0.15, -0.1) is 0 Å². The molecule has 0 radical (unpaired) electrons. The average Bonchev–Trinajstić information content (AvgIpc) is 2.93. The summed E-state index contributed by atoms with van der Waals surface area (Å²) in [7, 11) is 1.65. The van der Waals surface area contributed by atoms with Crippen molar-refractivity contribution in [1.29, 1.82) is 0 Å². The Labute approximate surface area is 235 Å². The van der Waals surface area contributed by atoms with E-state index in [0.29, 0.717) is 12.2 Å². The van der Waals surface area contributed by atoms with E-state index in [2.05, 4.69) is 25.2 Å². The van der Waals surface area contributed by atoms with E-state index in [1.54, 1.807) is 7.11 Å². The van der Waals surface area contributed by atoms with E-state index < -0.39 is 6.17 Å². The van der Waals surface area contributed by atoms with Gasteiger partial charge in [-0.2, -0.15) is 0 Å². The molecule has 1 heterocycles. The van der Waals surface area contributed by atoms with Crippen LogP contribution < -0.4 is 19.7 Å². The molecule has 1 amide bonds. The number of carbonyl (C=O) groups is 1. The van der Waals surface area contributed by atoms with Crippen LogP contribution >= 0.6 is 11.6 Å². The molecule has 5 rings (SSSR count). The predicted octanol–water partition coefficient (Wildman–Crippen LogP) is 8.44. The zero-order valence-electron chi connectivity index (χ0n) is 22.9. The monoisotopic (exact) mass is 540 g/mol. The van der Waals surface area contributed by atoms with Crippen molar-refractivity contribution in [2.24, 2.45) is 0 Å². The Morgan fingerprint density at radius 2 is 1.69 bits per heavy atom. The van der Waals surface area contributed by atoms with Gasteiger partial charge in [-0.3, -0.25) is 9.69 Å². The number of hydrogen-bond donors (Lipinski definition) is 1. The summed E-state index contributed by atoms with van der Waals surface area (Å²) >= 11 is 6.41. The molecule has 0 fully saturated rings. The number of fused-ring (bicyclic) bond motifs is 1. The second kappa shape index (κ2) is 11.0. The van der Waals surface area contributed by atoms with Gasteiger partial charge in [0.1, 0.15) is 24.3 Å². The van der Waals surface area contributed by atoms with Gasteiger partial charge in [0.15, 0.2) is 0 Å². The molecular weight excluding hydrogens is 508 g/mol. The zero-order valence-corrected chi connectivity index (χ0v) is 23.7. The quantitative estimate of drug-likeness (QED) is 0.255. The van der Waals surface area contributed by atoms with E-state index >= 15 is 0 Å². The maximum atomic E-state index is 13.8. The van der Waals surface area contributed by atoms with Crippen molar-refractivity contribution in [1.82, 2.24) is 0 Å². The smallest absolute Gasteiger partial charge is 0.262 e. The van der Waals surface area contributed by atoms with E-state index in [1.807, 2.05) is 91.5 Å². The van der Waals surface area contributed by atoms with Crippen molar-refractivity contribution in [2.75, 3.05) is 17.3 Å². The molecular formula is C33H33ClN2O3.